The molecule has 20 heavy (non-hydrogen) atoms. The number of hydrogen-bond acceptors (Lipinski definition) is 3. The molecular formula is C14H11ClNO3P. The Morgan fingerprint density at radius 3 is 2.65 bits per heavy atom. The fourth-order valence-electron chi connectivity index (χ4n) is 1.63. The Balaban J connectivity index is 2.21. The summed E-state index contributed by atoms with van der Waals surface area (Å²) in [6.07, 6.45) is 0. The monoisotopic (exact) mass is 307 g/mol. The third kappa shape index (κ3) is 3.42. The lowest BCUT2D eigenvalue weighted by atomic mass is 10.2. The molecular weight excluding hydrogens is 297 g/mol. The highest BCUT2D eigenvalue weighted by molar-refractivity contribution is 7.45. The predicted octanol–water partition coefficient (Wildman–Crippen LogP) is 2.63. The van der Waals surface area contributed by atoms with Gasteiger partial charge in [-0.25, -0.2) is 0 Å². The van der Waals surface area contributed by atoms with Crippen LogP contribution in [0, 0.1) is 6.92 Å². The van der Waals surface area contributed by atoms with Gasteiger partial charge in [0, 0.05) is 22.3 Å². The molecule has 1 unspecified atom stereocenters. The highest BCUT2D eigenvalue weighted by Crippen LogP contribution is 2.20. The lowest BCUT2D eigenvalue weighted by Gasteiger charge is -2.07. The third-order valence-electron chi connectivity index (χ3n) is 2.75. The lowest BCUT2D eigenvalue weighted by Crippen LogP contribution is -2.14. The smallest absolute Gasteiger partial charge is 0.348 e. The Hall–Kier alpha value is -1.74. The first-order chi connectivity index (χ1) is 9.47. The number of nitrogens with one attached hydrogen (secondary N) is 1. The van der Waals surface area contributed by atoms with Crippen LogP contribution in [0.4, 0.5) is 5.69 Å². The van der Waals surface area contributed by atoms with Crippen molar-refractivity contribution in [2.24, 2.45) is 0 Å². The maximum absolute atomic E-state index is 12.0. The van der Waals surface area contributed by atoms with E-state index in [1.807, 2.05) is 6.92 Å². The summed E-state index contributed by atoms with van der Waals surface area (Å²) in [4.78, 5) is 22.9. The standard InChI is InChI=1S/C14H11ClNO3P/c1-9-5-6-11(8-13(9)15)16-14(17)10-3-2-4-12(7-10)20(18)19/h2-8H,1H3,(H,16,17). The third-order valence-corrected chi connectivity index (χ3v) is 3.86. The Morgan fingerprint density at radius 2 is 2.00 bits per heavy atom. The van der Waals surface area contributed by atoms with Crippen LogP contribution in [-0.2, 0) is 4.57 Å². The van der Waals surface area contributed by atoms with E-state index in [9.17, 15) is 14.3 Å². The average Bonchev–Trinajstić information content (AvgIpc) is 2.43. The summed E-state index contributed by atoms with van der Waals surface area (Å²) >= 11 is 5.98. The molecule has 102 valence electrons. The number of carbonyl (C=O) groups is 1. The number of aryl methyl sites for hydroxylation is 1. The van der Waals surface area contributed by atoms with Crippen LogP contribution >= 0.6 is 19.6 Å². The van der Waals surface area contributed by atoms with Crippen molar-refractivity contribution in [3.8, 4) is 0 Å². The van der Waals surface area contributed by atoms with E-state index in [0.29, 0.717) is 10.7 Å². The van der Waals surface area contributed by atoms with Crippen LogP contribution in [0.3, 0.4) is 0 Å². The zero-order valence-electron chi connectivity index (χ0n) is 10.6. The number of benzene rings is 2. The van der Waals surface area contributed by atoms with Crippen molar-refractivity contribution < 1.29 is 14.3 Å². The van der Waals surface area contributed by atoms with Crippen LogP contribution in [0.1, 0.15) is 15.9 Å². The molecule has 6 heteroatoms. The molecule has 0 aliphatic carbocycles. The number of anilines is 1. The molecule has 0 bridgehead atoms. The summed E-state index contributed by atoms with van der Waals surface area (Å²) in [5.41, 5.74) is 1.75. The molecule has 2 aromatic carbocycles. The molecule has 1 amide bonds. The second kappa shape index (κ2) is 6.14. The van der Waals surface area contributed by atoms with E-state index >= 15 is 0 Å². The normalized spacial score (nSPS) is 11.1. The topological polar surface area (TPSA) is 69.2 Å². The number of rotatable bonds is 3. The van der Waals surface area contributed by atoms with Crippen LogP contribution in [0.2, 0.25) is 5.02 Å². The maximum Gasteiger partial charge on any atom is 0.348 e. The first kappa shape index (κ1) is 14.7. The summed E-state index contributed by atoms with van der Waals surface area (Å²) in [6.45, 7) is 1.86. The quantitative estimate of drug-likeness (QED) is 0.886. The van der Waals surface area contributed by atoms with Crippen molar-refractivity contribution in [3.05, 3.63) is 58.6 Å². The van der Waals surface area contributed by atoms with Gasteiger partial charge in [0.1, 0.15) is 0 Å². The lowest BCUT2D eigenvalue weighted by molar-refractivity contribution is -0.160. The molecule has 0 spiro atoms. The van der Waals surface area contributed by atoms with Crippen molar-refractivity contribution in [3.63, 3.8) is 0 Å². The van der Waals surface area contributed by atoms with Crippen LogP contribution < -0.4 is 15.5 Å². The van der Waals surface area contributed by atoms with Gasteiger partial charge in [0.05, 0.1) is 0 Å². The summed E-state index contributed by atoms with van der Waals surface area (Å²) in [5, 5.41) is 3.33. The van der Waals surface area contributed by atoms with Gasteiger partial charge in [0.25, 0.3) is 5.91 Å². The zero-order chi connectivity index (χ0) is 14.7. The fraction of sp³-hybridized carbons (Fsp3) is 0.0714. The zero-order valence-corrected chi connectivity index (χ0v) is 12.2. The number of hydrogen-bond donors (Lipinski definition) is 1. The highest BCUT2D eigenvalue weighted by atomic mass is 35.5. The van der Waals surface area contributed by atoms with Crippen molar-refractivity contribution in [1.29, 1.82) is 0 Å². The van der Waals surface area contributed by atoms with Gasteiger partial charge in [-0.3, -0.25) is 4.79 Å². The summed E-state index contributed by atoms with van der Waals surface area (Å²) < 4.78 is 10.9. The van der Waals surface area contributed by atoms with Gasteiger partial charge in [-0.15, -0.1) is 0 Å². The molecule has 0 aliphatic heterocycles. The van der Waals surface area contributed by atoms with Gasteiger partial charge >= 0.3 is 8.03 Å². The van der Waals surface area contributed by atoms with Crippen molar-refractivity contribution in [2.45, 2.75) is 6.92 Å². The Labute approximate surface area is 122 Å². The minimum atomic E-state index is -2.71. The summed E-state index contributed by atoms with van der Waals surface area (Å²) in [7, 11) is -2.71. The molecule has 2 rings (SSSR count). The van der Waals surface area contributed by atoms with Crippen LogP contribution in [0.15, 0.2) is 42.5 Å². The molecule has 1 N–H and O–H groups in total. The van der Waals surface area contributed by atoms with Crippen molar-refractivity contribution in [2.75, 3.05) is 5.32 Å². The van der Waals surface area contributed by atoms with Crippen LogP contribution in [0.5, 0.6) is 0 Å². The van der Waals surface area contributed by atoms with E-state index in [-0.39, 0.29) is 16.8 Å². The summed E-state index contributed by atoms with van der Waals surface area (Å²) in [5.74, 6) is -0.386. The van der Waals surface area contributed by atoms with Crippen molar-refractivity contribution in [1.82, 2.24) is 0 Å². The molecule has 0 saturated carbocycles. The Morgan fingerprint density at radius 1 is 1.25 bits per heavy atom. The minimum Gasteiger partial charge on any atom is -0.591 e. The molecule has 0 aromatic heterocycles. The van der Waals surface area contributed by atoms with Crippen LogP contribution in [0.25, 0.3) is 0 Å². The van der Waals surface area contributed by atoms with E-state index in [1.54, 1.807) is 24.3 Å². The number of amides is 1. The van der Waals surface area contributed by atoms with E-state index in [2.05, 4.69) is 5.32 Å². The maximum atomic E-state index is 12.0. The first-order valence-electron chi connectivity index (χ1n) is 5.79. The van der Waals surface area contributed by atoms with Gasteiger partial charge in [0.2, 0.25) is 0 Å². The fourth-order valence-corrected chi connectivity index (χ4v) is 2.27. The largest absolute Gasteiger partial charge is 0.591 e. The molecule has 0 aliphatic rings. The van der Waals surface area contributed by atoms with Gasteiger partial charge < -0.3 is 10.2 Å². The van der Waals surface area contributed by atoms with Gasteiger partial charge in [-0.1, -0.05) is 28.3 Å². The first-order valence-corrected chi connectivity index (χ1v) is 7.35. The molecule has 2 aromatic rings. The predicted molar refractivity (Wildman–Crippen MR) is 77.8 cm³/mol. The molecule has 4 nitrogen and oxygen atoms in total. The van der Waals surface area contributed by atoms with Crippen LogP contribution in [-0.4, -0.2) is 5.91 Å². The highest BCUT2D eigenvalue weighted by Gasteiger charge is 2.12. The molecule has 0 saturated heterocycles. The van der Waals surface area contributed by atoms with E-state index < -0.39 is 8.03 Å². The van der Waals surface area contributed by atoms with E-state index in [1.165, 1.54) is 18.2 Å². The molecule has 1 atom stereocenters. The molecule has 0 fully saturated rings. The van der Waals surface area contributed by atoms with E-state index in [4.69, 9.17) is 11.6 Å². The minimum absolute atomic E-state index is 0.106. The summed E-state index contributed by atoms with van der Waals surface area (Å²) in [6, 6.07) is 11.0. The Kier molecular flexibility index (Phi) is 4.50. The second-order valence-electron chi connectivity index (χ2n) is 4.23. The number of carbonyl (C=O) groups excluding carboxylic acids is 1. The van der Waals surface area contributed by atoms with Crippen molar-refractivity contribution >= 4 is 36.5 Å². The second-order valence-corrected chi connectivity index (χ2v) is 5.66. The Bertz CT molecular complexity index is 688. The SMILES string of the molecule is Cc1ccc(NC(=O)c2cccc([P+](=O)[O-])c2)cc1Cl. The number of halogens is 1. The van der Waals surface area contributed by atoms with Gasteiger partial charge in [-0.2, -0.15) is 0 Å². The molecule has 0 radical (unpaired) electrons. The van der Waals surface area contributed by atoms with Gasteiger partial charge in [0.15, 0.2) is 5.30 Å². The van der Waals surface area contributed by atoms with E-state index in [0.717, 1.165) is 5.56 Å². The van der Waals surface area contributed by atoms with Gasteiger partial charge in [-0.05, 0) is 36.8 Å². The molecule has 0 heterocycles. The average molecular weight is 308 g/mol.